The number of halogens is 2. The third-order valence-corrected chi connectivity index (χ3v) is 4.87. The van der Waals surface area contributed by atoms with Crippen LogP contribution < -0.4 is 5.56 Å². The largest absolute Gasteiger partial charge is 0.309 e. The Kier molecular flexibility index (Phi) is 5.80. The predicted molar refractivity (Wildman–Crippen MR) is 92.1 cm³/mol. The van der Waals surface area contributed by atoms with Gasteiger partial charge >= 0.3 is 0 Å². The van der Waals surface area contributed by atoms with Gasteiger partial charge in [-0.05, 0) is 53.1 Å². The summed E-state index contributed by atoms with van der Waals surface area (Å²) in [6.07, 6.45) is 0.778. The fourth-order valence-corrected chi connectivity index (χ4v) is 3.14. The molecule has 0 aliphatic rings. The first-order valence-corrected chi connectivity index (χ1v) is 8.68. The minimum absolute atomic E-state index is 0.101. The van der Waals surface area contributed by atoms with Crippen LogP contribution in [0.25, 0.3) is 0 Å². The molecule has 0 radical (unpaired) electrons. The molecular weight excluding hydrogens is 402 g/mol. The first-order valence-electron chi connectivity index (χ1n) is 6.61. The molecule has 0 unspecified atom stereocenters. The van der Waals surface area contributed by atoms with Crippen LogP contribution in [0.5, 0.6) is 0 Å². The lowest BCUT2D eigenvalue weighted by Crippen LogP contribution is -2.18. The lowest BCUT2D eigenvalue weighted by Gasteiger charge is -2.08. The van der Waals surface area contributed by atoms with E-state index in [1.165, 1.54) is 23.9 Å². The summed E-state index contributed by atoms with van der Waals surface area (Å²) in [6, 6.07) is 6.40. The molecule has 112 valence electrons. The van der Waals surface area contributed by atoms with Crippen molar-refractivity contribution in [3.63, 3.8) is 0 Å². The van der Waals surface area contributed by atoms with Crippen LogP contribution >= 0.6 is 34.4 Å². The van der Waals surface area contributed by atoms with E-state index in [0.29, 0.717) is 21.1 Å². The van der Waals surface area contributed by atoms with Gasteiger partial charge in [0.15, 0.2) is 0 Å². The van der Waals surface area contributed by atoms with E-state index in [1.54, 1.807) is 6.07 Å². The molecule has 6 heteroatoms. The molecule has 2 rings (SSSR count). The molecule has 0 fully saturated rings. The maximum atomic E-state index is 13.1. The summed E-state index contributed by atoms with van der Waals surface area (Å²) in [5.41, 5.74) is 0.736. The third kappa shape index (κ3) is 4.81. The number of H-pyrrole nitrogens is 1. The number of nitrogens with zero attached hydrogens (tertiary/aromatic N) is 1. The number of aromatic amines is 1. The van der Waals surface area contributed by atoms with Crippen LogP contribution in [0.3, 0.4) is 0 Å². The van der Waals surface area contributed by atoms with E-state index in [1.807, 2.05) is 28.7 Å². The van der Waals surface area contributed by atoms with E-state index in [9.17, 15) is 9.18 Å². The standard InChI is InChI=1S/C15H16FIN2OS/c1-9(2)6-12-14(17)15(20)19-13(18-12)8-21-11-5-3-4-10(16)7-11/h3-5,7,9H,6,8H2,1-2H3,(H,18,19,20). The van der Waals surface area contributed by atoms with E-state index in [-0.39, 0.29) is 11.4 Å². The Hall–Kier alpha value is -0.890. The second-order valence-electron chi connectivity index (χ2n) is 5.12. The Morgan fingerprint density at radius 2 is 2.19 bits per heavy atom. The first kappa shape index (κ1) is 16.5. The second kappa shape index (κ2) is 7.40. The smallest absolute Gasteiger partial charge is 0.264 e. The molecular formula is C15H16FIN2OS. The Morgan fingerprint density at radius 3 is 2.86 bits per heavy atom. The first-order chi connectivity index (χ1) is 9.95. The van der Waals surface area contributed by atoms with Crippen molar-refractivity contribution in [2.45, 2.75) is 30.9 Å². The number of benzene rings is 1. The van der Waals surface area contributed by atoms with E-state index in [0.717, 1.165) is 17.0 Å². The van der Waals surface area contributed by atoms with E-state index in [2.05, 4.69) is 23.8 Å². The van der Waals surface area contributed by atoms with E-state index >= 15 is 0 Å². The van der Waals surface area contributed by atoms with Gasteiger partial charge in [0.05, 0.1) is 15.0 Å². The number of hydrogen-bond acceptors (Lipinski definition) is 3. The van der Waals surface area contributed by atoms with Crippen LogP contribution in [-0.4, -0.2) is 9.97 Å². The normalized spacial score (nSPS) is 11.1. The van der Waals surface area contributed by atoms with Gasteiger partial charge in [-0.2, -0.15) is 0 Å². The zero-order valence-corrected chi connectivity index (χ0v) is 14.8. The molecule has 0 aliphatic heterocycles. The Labute approximate surface area is 140 Å². The summed E-state index contributed by atoms with van der Waals surface area (Å²) in [7, 11) is 0. The van der Waals surface area contributed by atoms with Crippen molar-refractivity contribution < 1.29 is 4.39 Å². The number of nitrogens with one attached hydrogen (secondary N) is 1. The number of rotatable bonds is 5. The van der Waals surface area contributed by atoms with Gasteiger partial charge in [-0.15, -0.1) is 11.8 Å². The summed E-state index contributed by atoms with van der Waals surface area (Å²) >= 11 is 3.49. The molecule has 0 bridgehead atoms. The van der Waals surface area contributed by atoms with Crippen molar-refractivity contribution in [1.29, 1.82) is 0 Å². The summed E-state index contributed by atoms with van der Waals surface area (Å²) in [5, 5.41) is 0. The molecule has 21 heavy (non-hydrogen) atoms. The molecule has 0 amide bonds. The summed E-state index contributed by atoms with van der Waals surface area (Å²) < 4.78 is 13.8. The van der Waals surface area contributed by atoms with Crippen LogP contribution in [-0.2, 0) is 12.2 Å². The van der Waals surface area contributed by atoms with Gasteiger partial charge < -0.3 is 4.98 Å². The number of aromatic nitrogens is 2. The second-order valence-corrected chi connectivity index (χ2v) is 7.24. The molecule has 1 aromatic carbocycles. The molecule has 0 saturated heterocycles. The molecule has 0 aliphatic carbocycles. The highest BCUT2D eigenvalue weighted by molar-refractivity contribution is 14.1. The van der Waals surface area contributed by atoms with E-state index in [4.69, 9.17) is 0 Å². The van der Waals surface area contributed by atoms with Gasteiger partial charge in [-0.1, -0.05) is 19.9 Å². The fraction of sp³-hybridized carbons (Fsp3) is 0.333. The molecule has 2 aromatic rings. The Balaban J connectivity index is 2.17. The summed E-state index contributed by atoms with van der Waals surface area (Å²) in [5.74, 6) is 1.33. The maximum Gasteiger partial charge on any atom is 0.264 e. The van der Waals surface area contributed by atoms with Gasteiger partial charge in [0.25, 0.3) is 5.56 Å². The van der Waals surface area contributed by atoms with Gasteiger partial charge in [-0.3, -0.25) is 4.79 Å². The number of thioether (sulfide) groups is 1. The van der Waals surface area contributed by atoms with Gasteiger partial charge in [0.2, 0.25) is 0 Å². The summed E-state index contributed by atoms with van der Waals surface area (Å²) in [6.45, 7) is 4.19. The van der Waals surface area contributed by atoms with Crippen molar-refractivity contribution in [3.05, 3.63) is 55.5 Å². The molecule has 0 saturated carbocycles. The monoisotopic (exact) mass is 418 g/mol. The molecule has 1 N–H and O–H groups in total. The van der Waals surface area contributed by atoms with Crippen molar-refractivity contribution in [1.82, 2.24) is 9.97 Å². The lowest BCUT2D eigenvalue weighted by atomic mass is 10.1. The van der Waals surface area contributed by atoms with Gasteiger partial charge in [0, 0.05) is 4.90 Å². The highest BCUT2D eigenvalue weighted by Gasteiger charge is 2.11. The highest BCUT2D eigenvalue weighted by Crippen LogP contribution is 2.22. The Morgan fingerprint density at radius 1 is 1.43 bits per heavy atom. The quantitative estimate of drug-likeness (QED) is 0.590. The van der Waals surface area contributed by atoms with Crippen LogP contribution in [0.2, 0.25) is 0 Å². The molecule has 1 aromatic heterocycles. The van der Waals surface area contributed by atoms with Crippen LogP contribution in [0, 0.1) is 15.3 Å². The number of hydrogen-bond donors (Lipinski definition) is 1. The lowest BCUT2D eigenvalue weighted by molar-refractivity contribution is 0.624. The van der Waals surface area contributed by atoms with E-state index < -0.39 is 0 Å². The SMILES string of the molecule is CC(C)Cc1nc(CSc2cccc(F)c2)[nH]c(=O)c1I. The topological polar surface area (TPSA) is 45.8 Å². The van der Waals surface area contributed by atoms with Gasteiger partial charge in [0.1, 0.15) is 11.6 Å². The van der Waals surface area contributed by atoms with Crippen molar-refractivity contribution >= 4 is 34.4 Å². The minimum atomic E-state index is -0.260. The van der Waals surface area contributed by atoms with Crippen LogP contribution in [0.1, 0.15) is 25.4 Å². The summed E-state index contributed by atoms with van der Waals surface area (Å²) in [4.78, 5) is 20.1. The molecule has 3 nitrogen and oxygen atoms in total. The Bertz CT molecular complexity index is 688. The van der Waals surface area contributed by atoms with Crippen molar-refractivity contribution in [2.24, 2.45) is 5.92 Å². The molecule has 0 spiro atoms. The highest BCUT2D eigenvalue weighted by atomic mass is 127. The zero-order valence-electron chi connectivity index (χ0n) is 11.8. The average molecular weight is 418 g/mol. The van der Waals surface area contributed by atoms with Gasteiger partial charge in [-0.25, -0.2) is 9.37 Å². The maximum absolute atomic E-state index is 13.1. The van der Waals surface area contributed by atoms with Crippen molar-refractivity contribution in [3.8, 4) is 0 Å². The minimum Gasteiger partial charge on any atom is -0.309 e. The van der Waals surface area contributed by atoms with Crippen LogP contribution in [0.4, 0.5) is 4.39 Å². The molecule has 1 heterocycles. The zero-order chi connectivity index (χ0) is 15.4. The van der Waals surface area contributed by atoms with Crippen molar-refractivity contribution in [2.75, 3.05) is 0 Å². The predicted octanol–water partition coefficient (Wildman–Crippen LogP) is 4.00. The van der Waals surface area contributed by atoms with Crippen LogP contribution in [0.15, 0.2) is 34.0 Å². The fourth-order valence-electron chi connectivity index (χ4n) is 1.86. The average Bonchev–Trinajstić information content (AvgIpc) is 2.41. The third-order valence-electron chi connectivity index (χ3n) is 2.75. The molecule has 0 atom stereocenters.